The lowest BCUT2D eigenvalue weighted by molar-refractivity contribution is -0.143. The minimum atomic E-state index is -4.75. The van der Waals surface area contributed by atoms with E-state index in [1.54, 1.807) is 18.2 Å². The minimum absolute atomic E-state index is 0.0214. The molecule has 0 saturated carbocycles. The Morgan fingerprint density at radius 1 is 1.21 bits per heavy atom. The van der Waals surface area contributed by atoms with Crippen molar-refractivity contribution in [2.45, 2.75) is 31.9 Å². The van der Waals surface area contributed by atoms with Gasteiger partial charge in [-0.05, 0) is 37.3 Å². The van der Waals surface area contributed by atoms with Crippen molar-refractivity contribution in [3.8, 4) is 5.69 Å². The van der Waals surface area contributed by atoms with Crippen LogP contribution in [0.4, 0.5) is 13.2 Å². The van der Waals surface area contributed by atoms with Crippen molar-refractivity contribution in [3.63, 3.8) is 0 Å². The van der Waals surface area contributed by atoms with Crippen molar-refractivity contribution in [3.05, 3.63) is 47.8 Å². The summed E-state index contributed by atoms with van der Waals surface area (Å²) in [6.45, 7) is 0.593. The van der Waals surface area contributed by atoms with Gasteiger partial charge in [0.1, 0.15) is 0 Å². The Hall–Kier alpha value is -2.84. The lowest BCUT2D eigenvalue weighted by Crippen LogP contribution is -2.40. The number of rotatable bonds is 5. The van der Waals surface area contributed by atoms with Crippen LogP contribution in [0.3, 0.4) is 0 Å². The van der Waals surface area contributed by atoms with Gasteiger partial charge in [-0.15, -0.1) is 0 Å². The zero-order chi connectivity index (χ0) is 20.3. The van der Waals surface area contributed by atoms with Crippen LogP contribution in [0.1, 0.15) is 41.7 Å². The number of halogens is 3. The van der Waals surface area contributed by atoms with E-state index < -0.39 is 29.3 Å². The van der Waals surface area contributed by atoms with Crippen LogP contribution in [0, 0.1) is 5.92 Å². The lowest BCUT2D eigenvalue weighted by Gasteiger charge is -2.32. The third-order valence-corrected chi connectivity index (χ3v) is 4.84. The number of piperidine rings is 1. The molecule has 0 aliphatic carbocycles. The van der Waals surface area contributed by atoms with Crippen LogP contribution in [0.2, 0.25) is 0 Å². The number of benzene rings is 1. The zero-order valence-electron chi connectivity index (χ0n) is 15.0. The molecule has 0 bridgehead atoms. The molecule has 28 heavy (non-hydrogen) atoms. The first-order valence-corrected chi connectivity index (χ1v) is 8.99. The number of carbonyl (C=O) groups is 2. The summed E-state index contributed by atoms with van der Waals surface area (Å²) in [6, 6.07) is 7.84. The molecule has 0 radical (unpaired) electrons. The molecule has 9 heteroatoms. The monoisotopic (exact) mass is 395 g/mol. The minimum Gasteiger partial charge on any atom is -0.481 e. The Morgan fingerprint density at radius 3 is 2.57 bits per heavy atom. The summed E-state index contributed by atoms with van der Waals surface area (Å²) in [4.78, 5) is 25.0. The highest BCUT2D eigenvalue weighted by molar-refractivity contribution is 5.95. The van der Waals surface area contributed by atoms with Gasteiger partial charge in [-0.25, -0.2) is 4.68 Å². The summed E-state index contributed by atoms with van der Waals surface area (Å²) in [5, 5.41) is 12.6. The fourth-order valence-corrected chi connectivity index (χ4v) is 3.53. The molecule has 0 spiro atoms. The van der Waals surface area contributed by atoms with Crippen LogP contribution >= 0.6 is 0 Å². The maximum Gasteiger partial charge on any atom is 0.434 e. The third-order valence-electron chi connectivity index (χ3n) is 4.84. The summed E-state index contributed by atoms with van der Waals surface area (Å²) < 4.78 is 42.0. The van der Waals surface area contributed by atoms with E-state index >= 15 is 0 Å². The molecule has 1 aliphatic heterocycles. The molecule has 1 unspecified atom stereocenters. The van der Waals surface area contributed by atoms with Gasteiger partial charge in [0.2, 0.25) is 0 Å². The topological polar surface area (TPSA) is 75.4 Å². The average Bonchev–Trinajstić information content (AvgIpc) is 3.12. The molecule has 2 heterocycles. The van der Waals surface area contributed by atoms with Gasteiger partial charge >= 0.3 is 12.1 Å². The Kier molecular flexibility index (Phi) is 5.71. The zero-order valence-corrected chi connectivity index (χ0v) is 15.0. The fraction of sp³-hybridized carbons (Fsp3) is 0.421. The summed E-state index contributed by atoms with van der Waals surface area (Å²) in [5.74, 6) is -1.69. The molecule has 1 aromatic carbocycles. The van der Waals surface area contributed by atoms with E-state index in [2.05, 4.69) is 5.10 Å². The van der Waals surface area contributed by atoms with Gasteiger partial charge in [0.25, 0.3) is 5.91 Å². The van der Waals surface area contributed by atoms with E-state index in [0.717, 1.165) is 17.3 Å². The van der Waals surface area contributed by atoms with Crippen LogP contribution in [0.15, 0.2) is 36.5 Å². The smallest absolute Gasteiger partial charge is 0.434 e. The standard InChI is InChI=1S/C19H20F3N3O3/c20-19(21,22)17-15(11-23-25(17)14-6-2-1-3-7-14)18(28)24-10-4-5-13(12-24)8-9-16(26)27/h1-3,6-7,11,13H,4-5,8-10,12H2,(H,26,27). The molecule has 1 fully saturated rings. The summed E-state index contributed by atoms with van der Waals surface area (Å²) >= 11 is 0. The van der Waals surface area contributed by atoms with Crippen LogP contribution in [-0.4, -0.2) is 44.8 Å². The van der Waals surface area contributed by atoms with Crippen molar-refractivity contribution < 1.29 is 27.9 Å². The molecule has 1 saturated heterocycles. The Balaban J connectivity index is 1.87. The molecule has 1 aromatic heterocycles. The van der Waals surface area contributed by atoms with Crippen LogP contribution < -0.4 is 0 Å². The Labute approximate surface area is 159 Å². The largest absolute Gasteiger partial charge is 0.481 e. The lowest BCUT2D eigenvalue weighted by atomic mass is 9.93. The highest BCUT2D eigenvalue weighted by Gasteiger charge is 2.41. The third kappa shape index (κ3) is 4.35. The van der Waals surface area contributed by atoms with E-state index in [4.69, 9.17) is 5.11 Å². The van der Waals surface area contributed by atoms with Crippen LogP contribution in [0.25, 0.3) is 5.69 Å². The number of nitrogens with zero attached hydrogens (tertiary/aromatic N) is 3. The first-order chi connectivity index (χ1) is 13.3. The maximum atomic E-state index is 13.7. The molecule has 1 amide bonds. The summed E-state index contributed by atoms with van der Waals surface area (Å²) in [6.07, 6.45) is -2.04. The molecule has 3 rings (SSSR count). The van der Waals surface area contributed by atoms with Crippen molar-refractivity contribution >= 4 is 11.9 Å². The number of carboxylic acids is 1. The number of amides is 1. The van der Waals surface area contributed by atoms with Crippen molar-refractivity contribution in [1.82, 2.24) is 14.7 Å². The molecular weight excluding hydrogens is 375 g/mol. The van der Waals surface area contributed by atoms with Gasteiger partial charge in [0, 0.05) is 19.5 Å². The van der Waals surface area contributed by atoms with E-state index in [0.29, 0.717) is 19.4 Å². The van der Waals surface area contributed by atoms with E-state index in [9.17, 15) is 22.8 Å². The van der Waals surface area contributed by atoms with Gasteiger partial charge in [0.05, 0.1) is 17.4 Å². The van der Waals surface area contributed by atoms with E-state index in [1.165, 1.54) is 17.0 Å². The van der Waals surface area contributed by atoms with E-state index in [1.807, 2.05) is 0 Å². The van der Waals surface area contributed by atoms with E-state index in [-0.39, 0.29) is 24.6 Å². The molecule has 2 aromatic rings. The number of likely N-dealkylation sites (tertiary alicyclic amines) is 1. The number of hydrogen-bond donors (Lipinski definition) is 1. The van der Waals surface area contributed by atoms with Crippen LogP contribution in [-0.2, 0) is 11.0 Å². The first-order valence-electron chi connectivity index (χ1n) is 8.99. The molecule has 6 nitrogen and oxygen atoms in total. The Bertz CT molecular complexity index is 849. The summed E-state index contributed by atoms with van der Waals surface area (Å²) in [5.41, 5.74) is -1.38. The number of carbonyl (C=O) groups excluding carboxylic acids is 1. The van der Waals surface area contributed by atoms with Crippen molar-refractivity contribution in [2.24, 2.45) is 5.92 Å². The maximum absolute atomic E-state index is 13.7. The second kappa shape index (κ2) is 8.04. The quantitative estimate of drug-likeness (QED) is 0.839. The van der Waals surface area contributed by atoms with Crippen molar-refractivity contribution in [1.29, 1.82) is 0 Å². The number of hydrogen-bond acceptors (Lipinski definition) is 3. The number of aromatic nitrogens is 2. The Morgan fingerprint density at radius 2 is 1.93 bits per heavy atom. The second-order valence-corrected chi connectivity index (χ2v) is 6.84. The number of alkyl halides is 3. The van der Waals surface area contributed by atoms with Gasteiger partial charge in [0.15, 0.2) is 5.69 Å². The molecule has 1 aliphatic rings. The second-order valence-electron chi connectivity index (χ2n) is 6.84. The predicted molar refractivity (Wildman–Crippen MR) is 94.1 cm³/mol. The number of carboxylic acid groups (broad SMARTS) is 1. The SMILES string of the molecule is O=C(O)CCC1CCCN(C(=O)c2cnn(-c3ccccc3)c2C(F)(F)F)C1. The molecule has 1 atom stereocenters. The molecular formula is C19H20F3N3O3. The predicted octanol–water partition coefficient (Wildman–Crippen LogP) is 3.61. The normalized spacial score (nSPS) is 17.5. The highest BCUT2D eigenvalue weighted by Crippen LogP contribution is 2.35. The van der Waals surface area contributed by atoms with Gasteiger partial charge in [-0.3, -0.25) is 9.59 Å². The molecule has 150 valence electrons. The van der Waals surface area contributed by atoms with Crippen molar-refractivity contribution in [2.75, 3.05) is 13.1 Å². The first kappa shape index (κ1) is 19.9. The van der Waals surface area contributed by atoms with Gasteiger partial charge < -0.3 is 10.0 Å². The number of aliphatic carboxylic acids is 1. The number of para-hydroxylation sites is 1. The molecule has 1 N–H and O–H groups in total. The highest BCUT2D eigenvalue weighted by atomic mass is 19.4. The van der Waals surface area contributed by atoms with Crippen LogP contribution in [0.5, 0.6) is 0 Å². The fourth-order valence-electron chi connectivity index (χ4n) is 3.53. The van der Waals surface area contributed by atoms with Gasteiger partial charge in [-0.1, -0.05) is 18.2 Å². The average molecular weight is 395 g/mol. The summed E-state index contributed by atoms with van der Waals surface area (Å²) in [7, 11) is 0. The van der Waals surface area contributed by atoms with Gasteiger partial charge in [-0.2, -0.15) is 18.3 Å².